The fraction of sp³-hybridized carbons (Fsp3) is 0.692. The van der Waals surface area contributed by atoms with E-state index in [-0.39, 0.29) is 17.9 Å². The second-order valence-electron chi connectivity index (χ2n) is 5.33. The highest BCUT2D eigenvalue weighted by atomic mass is 16.2. The van der Waals surface area contributed by atoms with Gasteiger partial charge in [0.2, 0.25) is 11.8 Å². The van der Waals surface area contributed by atoms with Gasteiger partial charge in [-0.3, -0.25) is 9.59 Å². The van der Waals surface area contributed by atoms with Crippen molar-refractivity contribution in [2.45, 2.75) is 58.8 Å². The molecule has 0 spiro atoms. The topological polar surface area (TPSA) is 80.1 Å². The first-order valence-corrected chi connectivity index (χ1v) is 6.95. The average molecular weight is 279 g/mol. The molecule has 2 unspecified atom stereocenters. The molecule has 1 N–H and O–H groups in total. The minimum atomic E-state index is -0.484. The van der Waals surface area contributed by atoms with Gasteiger partial charge in [0.05, 0.1) is 6.54 Å². The molecule has 1 fully saturated rings. The third-order valence-electron chi connectivity index (χ3n) is 3.60. The Hall–Kier alpha value is -1.92. The van der Waals surface area contributed by atoms with Gasteiger partial charge in [0.15, 0.2) is 0 Å². The lowest BCUT2D eigenvalue weighted by molar-refractivity contribution is -0.149. The van der Waals surface area contributed by atoms with Gasteiger partial charge in [-0.1, -0.05) is 6.92 Å². The predicted molar refractivity (Wildman–Crippen MR) is 72.6 cm³/mol. The van der Waals surface area contributed by atoms with Crippen LogP contribution in [0, 0.1) is 0 Å². The minimum absolute atomic E-state index is 0.0575. The number of carbonyl (C=O) groups is 2. The van der Waals surface area contributed by atoms with Gasteiger partial charge in [0.1, 0.15) is 24.2 Å². The van der Waals surface area contributed by atoms with E-state index in [0.717, 1.165) is 0 Å². The zero-order valence-corrected chi connectivity index (χ0v) is 12.3. The van der Waals surface area contributed by atoms with Crippen molar-refractivity contribution in [3.63, 3.8) is 0 Å². The Kier molecular flexibility index (Phi) is 4.06. The number of piperazine rings is 1. The van der Waals surface area contributed by atoms with E-state index in [1.54, 1.807) is 16.5 Å². The summed E-state index contributed by atoms with van der Waals surface area (Å²) in [5.74, 6) is 0.523. The molecule has 0 bridgehead atoms. The average Bonchev–Trinajstić information content (AvgIpc) is 2.87. The molecule has 1 aromatic rings. The molecule has 2 heterocycles. The summed E-state index contributed by atoms with van der Waals surface area (Å²) in [6.45, 7) is 7.92. The van der Waals surface area contributed by atoms with Gasteiger partial charge >= 0.3 is 0 Å². The van der Waals surface area contributed by atoms with Gasteiger partial charge in [-0.05, 0) is 27.2 Å². The molecule has 0 aliphatic carbocycles. The number of aromatic nitrogens is 3. The maximum absolute atomic E-state index is 12.4. The number of amides is 2. The lowest BCUT2D eigenvalue weighted by Crippen LogP contribution is -2.61. The van der Waals surface area contributed by atoms with Crippen molar-refractivity contribution in [1.29, 1.82) is 0 Å². The minimum Gasteiger partial charge on any atom is -0.343 e. The number of hydrogen-bond acceptors (Lipinski definition) is 4. The predicted octanol–water partition coefficient (Wildman–Crippen LogP) is 0.484. The highest BCUT2D eigenvalue weighted by molar-refractivity contribution is 5.96. The van der Waals surface area contributed by atoms with Crippen LogP contribution >= 0.6 is 0 Å². The van der Waals surface area contributed by atoms with Crippen LogP contribution in [0.5, 0.6) is 0 Å². The van der Waals surface area contributed by atoms with Crippen LogP contribution in [-0.2, 0) is 16.1 Å². The van der Waals surface area contributed by atoms with Crippen LogP contribution in [0.25, 0.3) is 0 Å². The highest BCUT2D eigenvalue weighted by Gasteiger charge is 2.37. The Balaban J connectivity index is 2.23. The SMILES string of the molecule is CCC1NC(=O)C(C)N(Cc2ncnn2C(C)C)C1=O. The Morgan fingerprint density at radius 2 is 2.10 bits per heavy atom. The zero-order chi connectivity index (χ0) is 14.9. The van der Waals surface area contributed by atoms with E-state index in [1.807, 2.05) is 20.8 Å². The summed E-state index contributed by atoms with van der Waals surface area (Å²) >= 11 is 0. The molecule has 0 radical (unpaired) electrons. The van der Waals surface area contributed by atoms with Crippen LogP contribution in [0.4, 0.5) is 0 Å². The maximum Gasteiger partial charge on any atom is 0.246 e. The van der Waals surface area contributed by atoms with Crippen molar-refractivity contribution in [2.75, 3.05) is 0 Å². The molecule has 2 amide bonds. The molecule has 1 aliphatic heterocycles. The van der Waals surface area contributed by atoms with Gasteiger partial charge in [-0.15, -0.1) is 0 Å². The van der Waals surface area contributed by atoms with Gasteiger partial charge in [0, 0.05) is 6.04 Å². The molecule has 2 atom stereocenters. The molecule has 7 nitrogen and oxygen atoms in total. The van der Waals surface area contributed by atoms with Crippen molar-refractivity contribution in [3.05, 3.63) is 12.2 Å². The Morgan fingerprint density at radius 1 is 1.40 bits per heavy atom. The lowest BCUT2D eigenvalue weighted by atomic mass is 10.1. The smallest absolute Gasteiger partial charge is 0.246 e. The van der Waals surface area contributed by atoms with Crippen molar-refractivity contribution in [3.8, 4) is 0 Å². The van der Waals surface area contributed by atoms with Crippen LogP contribution in [0.3, 0.4) is 0 Å². The molecular weight excluding hydrogens is 258 g/mol. The van der Waals surface area contributed by atoms with Crippen molar-refractivity contribution in [1.82, 2.24) is 25.0 Å². The first-order valence-electron chi connectivity index (χ1n) is 6.95. The lowest BCUT2D eigenvalue weighted by Gasteiger charge is -2.36. The number of rotatable bonds is 4. The van der Waals surface area contributed by atoms with Crippen LogP contribution in [0.1, 0.15) is 46.0 Å². The molecule has 0 aromatic carbocycles. The fourth-order valence-corrected chi connectivity index (χ4v) is 2.35. The molecule has 110 valence electrons. The Labute approximate surface area is 118 Å². The van der Waals surface area contributed by atoms with Gasteiger partial charge < -0.3 is 10.2 Å². The Bertz CT molecular complexity index is 511. The molecule has 1 aromatic heterocycles. The summed E-state index contributed by atoms with van der Waals surface area (Å²) in [6, 6.07) is -0.754. The van der Waals surface area contributed by atoms with Gasteiger partial charge in [-0.25, -0.2) is 9.67 Å². The van der Waals surface area contributed by atoms with Crippen molar-refractivity contribution in [2.24, 2.45) is 0 Å². The van der Waals surface area contributed by atoms with E-state index in [9.17, 15) is 9.59 Å². The first-order chi connectivity index (χ1) is 9.45. The van der Waals surface area contributed by atoms with Gasteiger partial charge in [-0.2, -0.15) is 5.10 Å². The monoisotopic (exact) mass is 279 g/mol. The number of nitrogens with zero attached hydrogens (tertiary/aromatic N) is 4. The second kappa shape index (κ2) is 5.60. The maximum atomic E-state index is 12.4. The summed E-state index contributed by atoms with van der Waals surface area (Å²) in [4.78, 5) is 30.1. The largest absolute Gasteiger partial charge is 0.343 e. The second-order valence-corrected chi connectivity index (χ2v) is 5.33. The van der Waals surface area contributed by atoms with E-state index in [0.29, 0.717) is 18.8 Å². The van der Waals surface area contributed by atoms with Crippen LogP contribution < -0.4 is 5.32 Å². The normalized spacial score (nSPS) is 23.4. The number of nitrogens with one attached hydrogen (secondary N) is 1. The number of hydrogen-bond donors (Lipinski definition) is 1. The molecule has 2 rings (SSSR count). The third kappa shape index (κ3) is 2.52. The molecule has 20 heavy (non-hydrogen) atoms. The van der Waals surface area contributed by atoms with E-state index in [4.69, 9.17) is 0 Å². The first kappa shape index (κ1) is 14.5. The molecule has 1 saturated heterocycles. The molecular formula is C13H21N5O2. The number of carbonyl (C=O) groups excluding carboxylic acids is 2. The van der Waals surface area contributed by atoms with Gasteiger partial charge in [0.25, 0.3) is 0 Å². The van der Waals surface area contributed by atoms with Crippen LogP contribution in [0.15, 0.2) is 6.33 Å². The van der Waals surface area contributed by atoms with Crippen LogP contribution in [0.2, 0.25) is 0 Å². The summed E-state index contributed by atoms with van der Waals surface area (Å²) in [6.07, 6.45) is 2.07. The van der Waals surface area contributed by atoms with Crippen molar-refractivity contribution >= 4 is 11.8 Å². The van der Waals surface area contributed by atoms with E-state index < -0.39 is 12.1 Å². The zero-order valence-electron chi connectivity index (χ0n) is 12.3. The quantitative estimate of drug-likeness (QED) is 0.869. The standard InChI is InChI=1S/C13H21N5O2/c1-5-10-13(20)17(9(4)12(19)16-10)6-11-14-7-15-18(11)8(2)3/h7-10H,5-6H2,1-4H3,(H,16,19). The van der Waals surface area contributed by atoms with Crippen molar-refractivity contribution < 1.29 is 9.59 Å². The van der Waals surface area contributed by atoms with E-state index >= 15 is 0 Å². The van der Waals surface area contributed by atoms with E-state index in [1.165, 1.54) is 6.33 Å². The molecule has 7 heteroatoms. The Morgan fingerprint density at radius 3 is 2.70 bits per heavy atom. The van der Waals surface area contributed by atoms with Crippen LogP contribution in [-0.4, -0.2) is 43.6 Å². The summed E-state index contributed by atoms with van der Waals surface area (Å²) in [7, 11) is 0. The highest BCUT2D eigenvalue weighted by Crippen LogP contribution is 2.16. The fourth-order valence-electron chi connectivity index (χ4n) is 2.35. The summed E-state index contributed by atoms with van der Waals surface area (Å²) < 4.78 is 1.77. The third-order valence-corrected chi connectivity index (χ3v) is 3.60. The summed E-state index contributed by atoms with van der Waals surface area (Å²) in [5.41, 5.74) is 0. The summed E-state index contributed by atoms with van der Waals surface area (Å²) in [5, 5.41) is 6.90. The molecule has 0 saturated carbocycles. The van der Waals surface area contributed by atoms with E-state index in [2.05, 4.69) is 15.4 Å². The molecule has 1 aliphatic rings.